The molecule has 0 amide bonds. The molecule has 0 radical (unpaired) electrons. The molecule has 134 valence electrons. The summed E-state index contributed by atoms with van der Waals surface area (Å²) in [4.78, 5) is 8.84. The molecule has 0 spiro atoms. The Hall–Kier alpha value is -3.15. The van der Waals surface area contributed by atoms with E-state index in [-0.39, 0.29) is 5.82 Å². The van der Waals surface area contributed by atoms with Crippen molar-refractivity contribution in [1.82, 2.24) is 9.97 Å². The molecule has 3 rings (SSSR count). The van der Waals surface area contributed by atoms with E-state index in [4.69, 9.17) is 4.74 Å². The monoisotopic (exact) mass is 352 g/mol. The van der Waals surface area contributed by atoms with Crippen molar-refractivity contribution in [2.75, 3.05) is 24.3 Å². The molecule has 0 saturated carbocycles. The van der Waals surface area contributed by atoms with E-state index >= 15 is 0 Å². The molecule has 6 heteroatoms. The predicted molar refractivity (Wildman–Crippen MR) is 102 cm³/mol. The van der Waals surface area contributed by atoms with Gasteiger partial charge in [-0.25, -0.2) is 9.37 Å². The fourth-order valence-electron chi connectivity index (χ4n) is 2.57. The van der Waals surface area contributed by atoms with Crippen molar-refractivity contribution in [3.8, 4) is 5.75 Å². The van der Waals surface area contributed by atoms with Crippen LogP contribution in [-0.4, -0.2) is 23.6 Å². The highest BCUT2D eigenvalue weighted by Crippen LogP contribution is 2.18. The number of aromatic nitrogens is 2. The Morgan fingerprint density at radius 2 is 1.88 bits per heavy atom. The summed E-state index contributed by atoms with van der Waals surface area (Å²) in [5.41, 5.74) is 2.64. The second-order valence-corrected chi connectivity index (χ2v) is 5.88. The maximum Gasteiger partial charge on any atom is 0.224 e. The average molecular weight is 352 g/mol. The third-order valence-electron chi connectivity index (χ3n) is 3.78. The molecule has 1 heterocycles. The molecule has 0 aliphatic carbocycles. The lowest BCUT2D eigenvalue weighted by molar-refractivity contribution is 0.414. The van der Waals surface area contributed by atoms with Crippen LogP contribution in [0.5, 0.6) is 5.75 Å². The standard InChI is InChI=1S/C20H21FN4O/c1-14-11-19(24-17-7-4-6-16(21)13-17)25-20(23-14)22-10-9-15-5-3-8-18(12-15)26-2/h3-8,11-13H,9-10H2,1-2H3,(H2,22,23,24,25). The van der Waals surface area contributed by atoms with Crippen molar-refractivity contribution in [3.05, 3.63) is 71.7 Å². The molecule has 0 atom stereocenters. The van der Waals surface area contributed by atoms with E-state index in [0.29, 0.717) is 24.0 Å². The first kappa shape index (κ1) is 17.7. The second kappa shape index (κ2) is 8.29. The normalized spacial score (nSPS) is 10.4. The first-order valence-corrected chi connectivity index (χ1v) is 8.37. The lowest BCUT2D eigenvalue weighted by Gasteiger charge is -2.10. The number of nitrogens with one attached hydrogen (secondary N) is 2. The first-order valence-electron chi connectivity index (χ1n) is 8.37. The summed E-state index contributed by atoms with van der Waals surface area (Å²) in [5.74, 6) is 1.70. The minimum absolute atomic E-state index is 0.294. The Morgan fingerprint density at radius 1 is 1.04 bits per heavy atom. The average Bonchev–Trinajstić information content (AvgIpc) is 2.61. The molecule has 2 aromatic carbocycles. The number of nitrogens with zero attached hydrogens (tertiary/aromatic N) is 2. The van der Waals surface area contributed by atoms with Gasteiger partial charge in [0.15, 0.2) is 0 Å². The zero-order chi connectivity index (χ0) is 18.4. The summed E-state index contributed by atoms with van der Waals surface area (Å²) in [6, 6.07) is 16.0. The van der Waals surface area contributed by atoms with E-state index in [1.54, 1.807) is 19.2 Å². The fraction of sp³-hybridized carbons (Fsp3) is 0.200. The van der Waals surface area contributed by atoms with Gasteiger partial charge < -0.3 is 15.4 Å². The molecule has 0 aliphatic heterocycles. The molecule has 2 N–H and O–H groups in total. The number of methoxy groups -OCH3 is 1. The van der Waals surface area contributed by atoms with Crippen LogP contribution in [-0.2, 0) is 6.42 Å². The molecular weight excluding hydrogens is 331 g/mol. The molecule has 0 bridgehead atoms. The van der Waals surface area contributed by atoms with Crippen LogP contribution in [0.3, 0.4) is 0 Å². The van der Waals surface area contributed by atoms with Crippen molar-refractivity contribution in [2.45, 2.75) is 13.3 Å². The number of ether oxygens (including phenoxy) is 1. The fourth-order valence-corrected chi connectivity index (χ4v) is 2.57. The van der Waals surface area contributed by atoms with Gasteiger partial charge in [0.1, 0.15) is 17.4 Å². The Bertz CT molecular complexity index is 885. The maximum atomic E-state index is 13.3. The highest BCUT2D eigenvalue weighted by molar-refractivity contribution is 5.57. The maximum absolute atomic E-state index is 13.3. The molecule has 1 aromatic heterocycles. The van der Waals surface area contributed by atoms with Gasteiger partial charge in [0.25, 0.3) is 0 Å². The van der Waals surface area contributed by atoms with Crippen LogP contribution in [0.4, 0.5) is 21.8 Å². The van der Waals surface area contributed by atoms with E-state index in [1.807, 2.05) is 31.2 Å². The molecule has 5 nitrogen and oxygen atoms in total. The van der Waals surface area contributed by atoms with E-state index < -0.39 is 0 Å². The van der Waals surface area contributed by atoms with Crippen molar-refractivity contribution in [2.24, 2.45) is 0 Å². The van der Waals surface area contributed by atoms with Gasteiger partial charge in [0.05, 0.1) is 7.11 Å². The van der Waals surface area contributed by atoms with Crippen LogP contribution in [0.25, 0.3) is 0 Å². The highest BCUT2D eigenvalue weighted by atomic mass is 19.1. The quantitative estimate of drug-likeness (QED) is 0.663. The van der Waals surface area contributed by atoms with Gasteiger partial charge in [-0.1, -0.05) is 18.2 Å². The molecule has 3 aromatic rings. The number of halogens is 1. The summed E-state index contributed by atoms with van der Waals surface area (Å²) in [5, 5.41) is 6.33. The SMILES string of the molecule is COc1cccc(CCNc2nc(C)cc(Nc3cccc(F)c3)n2)c1. The van der Waals surface area contributed by atoms with Gasteiger partial charge in [-0.15, -0.1) is 0 Å². The minimum atomic E-state index is -0.294. The second-order valence-electron chi connectivity index (χ2n) is 5.88. The molecule has 0 fully saturated rings. The number of rotatable bonds is 7. The Morgan fingerprint density at radius 3 is 2.69 bits per heavy atom. The van der Waals surface area contributed by atoms with E-state index in [2.05, 4.69) is 26.7 Å². The third kappa shape index (κ3) is 4.92. The van der Waals surface area contributed by atoms with Gasteiger partial charge >= 0.3 is 0 Å². The number of hydrogen-bond donors (Lipinski definition) is 2. The van der Waals surface area contributed by atoms with E-state index in [0.717, 1.165) is 17.9 Å². The third-order valence-corrected chi connectivity index (χ3v) is 3.78. The van der Waals surface area contributed by atoms with Crippen LogP contribution in [0.2, 0.25) is 0 Å². The van der Waals surface area contributed by atoms with Crippen LogP contribution >= 0.6 is 0 Å². The summed E-state index contributed by atoms with van der Waals surface area (Å²) >= 11 is 0. The van der Waals surface area contributed by atoms with Crippen LogP contribution in [0.15, 0.2) is 54.6 Å². The predicted octanol–water partition coefficient (Wildman–Crippen LogP) is 4.33. The number of benzene rings is 2. The molecule has 0 aliphatic rings. The number of aryl methyl sites for hydroxylation is 1. The molecule has 0 saturated heterocycles. The Kier molecular flexibility index (Phi) is 5.63. The largest absolute Gasteiger partial charge is 0.497 e. The summed E-state index contributed by atoms with van der Waals surface area (Å²) < 4.78 is 18.6. The first-order chi connectivity index (χ1) is 12.6. The van der Waals surface area contributed by atoms with Crippen molar-refractivity contribution in [1.29, 1.82) is 0 Å². The number of anilines is 3. The number of hydrogen-bond acceptors (Lipinski definition) is 5. The van der Waals surface area contributed by atoms with Crippen molar-refractivity contribution >= 4 is 17.5 Å². The molecular formula is C20H21FN4O. The summed E-state index contributed by atoms with van der Waals surface area (Å²) in [7, 11) is 1.66. The van der Waals surface area contributed by atoms with Crippen molar-refractivity contribution in [3.63, 3.8) is 0 Å². The summed E-state index contributed by atoms with van der Waals surface area (Å²) in [6.07, 6.45) is 0.821. The summed E-state index contributed by atoms with van der Waals surface area (Å²) in [6.45, 7) is 2.59. The van der Waals surface area contributed by atoms with Gasteiger partial charge in [-0.05, 0) is 49.2 Å². The Labute approximate surface area is 152 Å². The lowest BCUT2D eigenvalue weighted by atomic mass is 10.1. The van der Waals surface area contributed by atoms with Crippen LogP contribution in [0.1, 0.15) is 11.3 Å². The van der Waals surface area contributed by atoms with Gasteiger partial charge in [0.2, 0.25) is 5.95 Å². The molecule has 26 heavy (non-hydrogen) atoms. The van der Waals surface area contributed by atoms with Crippen LogP contribution < -0.4 is 15.4 Å². The topological polar surface area (TPSA) is 59.1 Å². The zero-order valence-electron chi connectivity index (χ0n) is 14.8. The van der Waals surface area contributed by atoms with Crippen molar-refractivity contribution < 1.29 is 9.13 Å². The highest BCUT2D eigenvalue weighted by Gasteiger charge is 2.04. The molecule has 0 unspecified atom stereocenters. The minimum Gasteiger partial charge on any atom is -0.497 e. The van der Waals surface area contributed by atoms with Gasteiger partial charge in [0, 0.05) is 24.0 Å². The zero-order valence-corrected chi connectivity index (χ0v) is 14.8. The van der Waals surface area contributed by atoms with E-state index in [1.165, 1.54) is 17.7 Å². The van der Waals surface area contributed by atoms with Gasteiger partial charge in [-0.3, -0.25) is 0 Å². The van der Waals surface area contributed by atoms with E-state index in [9.17, 15) is 4.39 Å². The van der Waals surface area contributed by atoms with Crippen LogP contribution in [0, 0.1) is 12.7 Å². The van der Waals surface area contributed by atoms with Gasteiger partial charge in [-0.2, -0.15) is 4.98 Å². The smallest absolute Gasteiger partial charge is 0.224 e. The lowest BCUT2D eigenvalue weighted by Crippen LogP contribution is -2.09. The Balaban J connectivity index is 1.63.